The average molecular weight is 547 g/mol. The third-order valence-corrected chi connectivity index (χ3v) is 5.66. The van der Waals surface area contributed by atoms with Gasteiger partial charge in [-0.3, -0.25) is 4.79 Å². The van der Waals surface area contributed by atoms with Crippen molar-refractivity contribution in [2.45, 2.75) is 6.92 Å². The minimum Gasteiger partial charge on any atom is -0.319 e. The minimum atomic E-state index is -0.389. The monoisotopic (exact) mass is 544 g/mol. The number of hydrogen-bond acceptors (Lipinski definition) is 3. The summed E-state index contributed by atoms with van der Waals surface area (Å²) in [6.45, 7) is 1.92. The van der Waals surface area contributed by atoms with Crippen molar-refractivity contribution in [1.29, 1.82) is 0 Å². The average Bonchev–Trinajstić information content (AvgIpc) is 3.16. The fraction of sp³-hybridized carbons (Fsp3) is 0.0455. The van der Waals surface area contributed by atoms with Crippen LogP contribution in [-0.4, -0.2) is 20.7 Å². The molecule has 4 rings (SSSR count). The van der Waals surface area contributed by atoms with Crippen LogP contribution in [-0.2, 0) is 0 Å². The van der Waals surface area contributed by atoms with E-state index in [-0.39, 0.29) is 11.7 Å². The number of carbonyl (C=O) groups excluding carboxylic acids is 1. The number of nitrogens with zero attached hydrogens (tertiary/aromatic N) is 3. The number of halogens is 3. The molecule has 8 heteroatoms. The van der Waals surface area contributed by atoms with Crippen LogP contribution in [0.3, 0.4) is 0 Å². The highest BCUT2D eigenvalue weighted by molar-refractivity contribution is 9.10. The summed E-state index contributed by atoms with van der Waals surface area (Å²) in [5.41, 5.74) is 3.17. The van der Waals surface area contributed by atoms with Crippen LogP contribution in [0.4, 0.5) is 5.69 Å². The Kier molecular flexibility index (Phi) is 6.04. The Balaban J connectivity index is 1.76. The largest absolute Gasteiger partial charge is 0.319 e. The molecule has 0 bridgehead atoms. The molecule has 5 nitrogen and oxygen atoms in total. The van der Waals surface area contributed by atoms with Crippen molar-refractivity contribution in [2.75, 3.05) is 5.32 Å². The van der Waals surface area contributed by atoms with Crippen molar-refractivity contribution in [2.24, 2.45) is 0 Å². The molecule has 0 atom stereocenters. The SMILES string of the molecule is Cc1cc(Br)ccc1NC(=O)c1nc(-c2cccc(Cl)c2)n(-c2ccc(Br)cc2)n1. The van der Waals surface area contributed by atoms with Gasteiger partial charge >= 0.3 is 0 Å². The highest BCUT2D eigenvalue weighted by Crippen LogP contribution is 2.26. The lowest BCUT2D eigenvalue weighted by Gasteiger charge is -2.07. The normalized spacial score (nSPS) is 10.8. The highest BCUT2D eigenvalue weighted by Gasteiger charge is 2.19. The molecule has 4 aromatic rings. The second-order valence-electron chi connectivity index (χ2n) is 6.57. The van der Waals surface area contributed by atoms with Crippen LogP contribution in [0, 0.1) is 6.92 Å². The Morgan fingerprint density at radius 2 is 1.73 bits per heavy atom. The van der Waals surface area contributed by atoms with E-state index in [1.807, 2.05) is 61.5 Å². The predicted octanol–water partition coefficient (Wildman–Crippen LogP) is 6.67. The van der Waals surface area contributed by atoms with Gasteiger partial charge in [-0.05, 0) is 67.1 Å². The zero-order valence-electron chi connectivity index (χ0n) is 15.7. The lowest BCUT2D eigenvalue weighted by atomic mass is 10.2. The van der Waals surface area contributed by atoms with Gasteiger partial charge in [0.15, 0.2) is 5.82 Å². The highest BCUT2D eigenvalue weighted by atomic mass is 79.9. The van der Waals surface area contributed by atoms with Crippen LogP contribution in [0.2, 0.25) is 5.02 Å². The Bertz CT molecular complexity index is 1240. The molecule has 0 unspecified atom stereocenters. The molecule has 0 fully saturated rings. The van der Waals surface area contributed by atoms with Crippen molar-refractivity contribution < 1.29 is 4.79 Å². The number of aryl methyl sites for hydroxylation is 1. The van der Waals surface area contributed by atoms with E-state index < -0.39 is 0 Å². The summed E-state index contributed by atoms with van der Waals surface area (Å²) in [5, 5.41) is 7.95. The van der Waals surface area contributed by atoms with Crippen LogP contribution in [0.15, 0.2) is 75.7 Å². The van der Waals surface area contributed by atoms with E-state index in [0.717, 1.165) is 25.8 Å². The number of carbonyl (C=O) groups is 1. The van der Waals surface area contributed by atoms with E-state index in [2.05, 4.69) is 47.3 Å². The summed E-state index contributed by atoms with van der Waals surface area (Å²) in [6, 6.07) is 20.5. The van der Waals surface area contributed by atoms with Crippen molar-refractivity contribution in [3.8, 4) is 17.1 Å². The quantitative estimate of drug-likeness (QED) is 0.311. The Morgan fingerprint density at radius 3 is 2.43 bits per heavy atom. The van der Waals surface area contributed by atoms with Gasteiger partial charge in [0.2, 0.25) is 5.82 Å². The molecule has 0 saturated heterocycles. The number of hydrogen-bond donors (Lipinski definition) is 1. The summed E-state index contributed by atoms with van der Waals surface area (Å²) in [5.74, 6) is 0.201. The van der Waals surface area contributed by atoms with Gasteiger partial charge in [-0.15, -0.1) is 5.10 Å². The van der Waals surface area contributed by atoms with Gasteiger partial charge in [-0.1, -0.05) is 55.6 Å². The summed E-state index contributed by atoms with van der Waals surface area (Å²) in [4.78, 5) is 17.4. The first-order valence-corrected chi connectivity index (χ1v) is 10.9. The van der Waals surface area contributed by atoms with Crippen molar-refractivity contribution in [3.05, 3.63) is 92.1 Å². The van der Waals surface area contributed by atoms with Crippen LogP contribution in [0.5, 0.6) is 0 Å². The fourth-order valence-corrected chi connectivity index (χ4v) is 3.86. The number of anilines is 1. The fourth-order valence-electron chi connectivity index (χ4n) is 2.93. The van der Waals surface area contributed by atoms with Gasteiger partial charge in [0.25, 0.3) is 5.91 Å². The zero-order chi connectivity index (χ0) is 21.3. The topological polar surface area (TPSA) is 59.8 Å². The Morgan fingerprint density at radius 1 is 1.00 bits per heavy atom. The number of amides is 1. The van der Waals surface area contributed by atoms with Crippen LogP contribution >= 0.6 is 43.5 Å². The van der Waals surface area contributed by atoms with Gasteiger partial charge < -0.3 is 5.32 Å². The molecule has 1 amide bonds. The molecular formula is C22H15Br2ClN4O. The maximum absolute atomic E-state index is 12.9. The minimum absolute atomic E-state index is 0.0650. The van der Waals surface area contributed by atoms with Crippen LogP contribution < -0.4 is 5.32 Å². The lowest BCUT2D eigenvalue weighted by molar-refractivity contribution is 0.101. The number of nitrogens with one attached hydrogen (secondary N) is 1. The van der Waals surface area contributed by atoms with Gasteiger partial charge in [0.05, 0.1) is 5.69 Å². The Hall–Kier alpha value is -2.48. The Labute approximate surface area is 195 Å². The molecule has 0 aliphatic heterocycles. The van der Waals surface area contributed by atoms with E-state index in [1.54, 1.807) is 16.8 Å². The molecule has 3 aromatic carbocycles. The standard InChI is InChI=1S/C22H15Br2ClN4O/c1-13-11-16(24)7-10-19(13)26-22(30)20-27-21(14-3-2-4-17(25)12-14)29(28-20)18-8-5-15(23)6-9-18/h2-12H,1H3,(H,26,30). The first-order valence-electron chi connectivity index (χ1n) is 8.97. The second kappa shape index (κ2) is 8.71. The molecule has 0 spiro atoms. The van der Waals surface area contributed by atoms with E-state index in [9.17, 15) is 4.79 Å². The maximum Gasteiger partial charge on any atom is 0.295 e. The van der Waals surface area contributed by atoms with Gasteiger partial charge in [0.1, 0.15) is 0 Å². The number of aromatic nitrogens is 3. The number of rotatable bonds is 4. The second-order valence-corrected chi connectivity index (χ2v) is 8.84. The maximum atomic E-state index is 12.9. The molecule has 0 saturated carbocycles. The van der Waals surface area contributed by atoms with Crippen LogP contribution in [0.1, 0.15) is 16.2 Å². The molecule has 30 heavy (non-hydrogen) atoms. The molecule has 0 aliphatic carbocycles. The van der Waals surface area contributed by atoms with E-state index in [4.69, 9.17) is 11.6 Å². The van der Waals surface area contributed by atoms with Gasteiger partial charge in [-0.25, -0.2) is 9.67 Å². The van der Waals surface area contributed by atoms with Gasteiger partial charge in [-0.2, -0.15) is 0 Å². The molecule has 0 aliphatic rings. The van der Waals surface area contributed by atoms with E-state index >= 15 is 0 Å². The molecule has 1 heterocycles. The third-order valence-electron chi connectivity index (χ3n) is 4.40. The summed E-state index contributed by atoms with van der Waals surface area (Å²) >= 11 is 13.0. The molecular weight excluding hydrogens is 532 g/mol. The smallest absolute Gasteiger partial charge is 0.295 e. The van der Waals surface area contributed by atoms with Crippen LogP contribution in [0.25, 0.3) is 17.1 Å². The van der Waals surface area contributed by atoms with E-state index in [1.165, 1.54) is 0 Å². The van der Waals surface area contributed by atoms with Crippen molar-refractivity contribution in [1.82, 2.24) is 14.8 Å². The number of benzene rings is 3. The van der Waals surface area contributed by atoms with Crippen molar-refractivity contribution in [3.63, 3.8) is 0 Å². The summed E-state index contributed by atoms with van der Waals surface area (Å²) in [7, 11) is 0. The zero-order valence-corrected chi connectivity index (χ0v) is 19.7. The third kappa shape index (κ3) is 4.48. The van der Waals surface area contributed by atoms with Gasteiger partial charge in [0, 0.05) is 25.2 Å². The lowest BCUT2D eigenvalue weighted by Crippen LogP contribution is -2.15. The molecule has 1 N–H and O–H groups in total. The molecule has 1 aromatic heterocycles. The first-order chi connectivity index (χ1) is 14.4. The summed E-state index contributed by atoms with van der Waals surface area (Å²) < 4.78 is 3.53. The summed E-state index contributed by atoms with van der Waals surface area (Å²) in [6.07, 6.45) is 0. The molecule has 150 valence electrons. The molecule has 0 radical (unpaired) electrons. The van der Waals surface area contributed by atoms with Crippen molar-refractivity contribution >= 4 is 55.1 Å². The predicted molar refractivity (Wildman–Crippen MR) is 126 cm³/mol. The van der Waals surface area contributed by atoms with E-state index in [0.29, 0.717) is 16.5 Å². The first kappa shape index (κ1) is 20.8.